The number of likely N-dealkylation sites (N-methyl/N-ethyl adjacent to an activating group) is 1. The molecule has 1 heterocycles. The lowest BCUT2D eigenvalue weighted by atomic mass is 10.0. The van der Waals surface area contributed by atoms with Crippen molar-refractivity contribution in [2.24, 2.45) is 10.9 Å². The van der Waals surface area contributed by atoms with E-state index in [1.807, 2.05) is 7.05 Å². The molecule has 146 valence electrons. The summed E-state index contributed by atoms with van der Waals surface area (Å²) in [5.41, 5.74) is 0. The Labute approximate surface area is 155 Å². The number of aliphatic imine (C=N–C) groups is 1. The maximum atomic E-state index is 4.37. The Morgan fingerprint density at radius 1 is 1.08 bits per heavy atom. The lowest BCUT2D eigenvalue weighted by molar-refractivity contribution is 0.107. The van der Waals surface area contributed by atoms with Crippen molar-refractivity contribution in [2.75, 3.05) is 52.9 Å². The molecule has 1 atom stereocenters. The number of guanidine groups is 1. The van der Waals surface area contributed by atoms with Crippen molar-refractivity contribution >= 4 is 5.96 Å². The van der Waals surface area contributed by atoms with Gasteiger partial charge in [0.1, 0.15) is 0 Å². The molecule has 0 spiro atoms. The van der Waals surface area contributed by atoms with Crippen LogP contribution in [-0.4, -0.2) is 74.7 Å². The molecule has 2 fully saturated rings. The molecule has 2 rings (SSSR count). The van der Waals surface area contributed by atoms with Gasteiger partial charge in [0.25, 0.3) is 0 Å². The second kappa shape index (κ2) is 11.7. The molecule has 0 aromatic rings. The lowest BCUT2D eigenvalue weighted by Gasteiger charge is -2.37. The maximum absolute atomic E-state index is 4.37. The quantitative estimate of drug-likeness (QED) is 0.381. The zero-order chi connectivity index (χ0) is 17.9. The van der Waals surface area contributed by atoms with Crippen LogP contribution in [0.5, 0.6) is 0 Å². The van der Waals surface area contributed by atoms with Gasteiger partial charge in [0.15, 0.2) is 5.96 Å². The van der Waals surface area contributed by atoms with Crippen molar-refractivity contribution in [2.45, 2.75) is 64.8 Å². The first-order valence-electron chi connectivity index (χ1n) is 10.6. The number of unbranched alkanes of at least 4 members (excludes halogenated alkanes) is 1. The second-order valence-corrected chi connectivity index (χ2v) is 7.85. The van der Waals surface area contributed by atoms with E-state index in [0.717, 1.165) is 25.0 Å². The van der Waals surface area contributed by atoms with Gasteiger partial charge in [0.2, 0.25) is 0 Å². The average Bonchev–Trinajstić information content (AvgIpc) is 3.17. The summed E-state index contributed by atoms with van der Waals surface area (Å²) in [6.45, 7) is 12.5. The molecule has 1 saturated carbocycles. The largest absolute Gasteiger partial charge is 0.356 e. The Hall–Kier alpha value is -0.810. The first kappa shape index (κ1) is 20.5. The molecule has 1 unspecified atom stereocenters. The summed E-state index contributed by atoms with van der Waals surface area (Å²) in [6.07, 6.45) is 9.91. The molecule has 5 heteroatoms. The van der Waals surface area contributed by atoms with Crippen LogP contribution in [0, 0.1) is 5.92 Å². The SMILES string of the molecule is CCN1CCN(C(C)CNC(=NC)NCCCCC2CCCC2)CC1. The van der Waals surface area contributed by atoms with E-state index in [1.165, 1.54) is 77.7 Å². The first-order valence-corrected chi connectivity index (χ1v) is 10.6. The maximum Gasteiger partial charge on any atom is 0.191 e. The van der Waals surface area contributed by atoms with E-state index in [4.69, 9.17) is 0 Å². The molecule has 0 aromatic carbocycles. The third-order valence-corrected chi connectivity index (χ3v) is 6.07. The van der Waals surface area contributed by atoms with E-state index in [1.54, 1.807) is 0 Å². The zero-order valence-corrected chi connectivity index (χ0v) is 16.9. The van der Waals surface area contributed by atoms with Crippen molar-refractivity contribution in [1.82, 2.24) is 20.4 Å². The van der Waals surface area contributed by atoms with Gasteiger partial charge in [0, 0.05) is 52.4 Å². The Balaban J connectivity index is 1.53. The summed E-state index contributed by atoms with van der Waals surface area (Å²) in [4.78, 5) is 9.50. The summed E-state index contributed by atoms with van der Waals surface area (Å²) in [6, 6.07) is 0.555. The Morgan fingerprint density at radius 2 is 1.80 bits per heavy atom. The van der Waals surface area contributed by atoms with Crippen LogP contribution in [0.3, 0.4) is 0 Å². The molecule has 1 aliphatic heterocycles. The molecule has 1 aliphatic carbocycles. The van der Waals surface area contributed by atoms with Crippen molar-refractivity contribution in [3.63, 3.8) is 0 Å². The highest BCUT2D eigenvalue weighted by Gasteiger charge is 2.20. The minimum atomic E-state index is 0.555. The van der Waals surface area contributed by atoms with Gasteiger partial charge < -0.3 is 15.5 Å². The number of hydrogen-bond acceptors (Lipinski definition) is 3. The number of rotatable bonds is 9. The molecule has 2 aliphatic rings. The third kappa shape index (κ3) is 7.53. The minimum absolute atomic E-state index is 0.555. The Bertz CT molecular complexity index is 370. The first-order chi connectivity index (χ1) is 12.2. The summed E-state index contributed by atoms with van der Waals surface area (Å²) in [5, 5.41) is 6.99. The molecule has 1 saturated heterocycles. The van der Waals surface area contributed by atoms with Crippen LogP contribution in [0.4, 0.5) is 0 Å². The van der Waals surface area contributed by atoms with E-state index < -0.39 is 0 Å². The standard InChI is InChI=1S/C20H41N5/c1-4-24-13-15-25(16-14-24)18(2)17-23-20(21-3)22-12-8-7-11-19-9-5-6-10-19/h18-19H,4-17H2,1-3H3,(H2,21,22,23). The lowest BCUT2D eigenvalue weighted by Crippen LogP contribution is -2.53. The van der Waals surface area contributed by atoms with Gasteiger partial charge in [-0.15, -0.1) is 0 Å². The molecule has 0 amide bonds. The molecular weight excluding hydrogens is 310 g/mol. The smallest absolute Gasteiger partial charge is 0.191 e. The van der Waals surface area contributed by atoms with Crippen LogP contribution in [0.1, 0.15) is 58.8 Å². The normalized spacial score (nSPS) is 22.3. The van der Waals surface area contributed by atoms with E-state index in [2.05, 4.69) is 39.3 Å². The van der Waals surface area contributed by atoms with Crippen LogP contribution in [0.25, 0.3) is 0 Å². The molecular formula is C20H41N5. The highest BCUT2D eigenvalue weighted by molar-refractivity contribution is 5.79. The van der Waals surface area contributed by atoms with Gasteiger partial charge in [-0.1, -0.05) is 45.4 Å². The molecule has 0 aromatic heterocycles. The van der Waals surface area contributed by atoms with Crippen molar-refractivity contribution in [1.29, 1.82) is 0 Å². The number of nitrogens with one attached hydrogen (secondary N) is 2. The van der Waals surface area contributed by atoms with Gasteiger partial charge >= 0.3 is 0 Å². The molecule has 25 heavy (non-hydrogen) atoms. The summed E-state index contributed by atoms with van der Waals surface area (Å²) >= 11 is 0. The van der Waals surface area contributed by atoms with Crippen LogP contribution >= 0.6 is 0 Å². The van der Waals surface area contributed by atoms with E-state index >= 15 is 0 Å². The minimum Gasteiger partial charge on any atom is -0.356 e. The summed E-state index contributed by atoms with van der Waals surface area (Å²) < 4.78 is 0. The predicted molar refractivity (Wildman–Crippen MR) is 108 cm³/mol. The average molecular weight is 352 g/mol. The van der Waals surface area contributed by atoms with Gasteiger partial charge in [0.05, 0.1) is 0 Å². The highest BCUT2D eigenvalue weighted by Crippen LogP contribution is 2.28. The van der Waals surface area contributed by atoms with Crippen LogP contribution in [-0.2, 0) is 0 Å². The monoisotopic (exact) mass is 351 g/mol. The summed E-state index contributed by atoms with van der Waals surface area (Å²) in [5.74, 6) is 1.98. The van der Waals surface area contributed by atoms with E-state index in [9.17, 15) is 0 Å². The molecule has 5 nitrogen and oxygen atoms in total. The van der Waals surface area contributed by atoms with Gasteiger partial charge in [-0.25, -0.2) is 0 Å². The topological polar surface area (TPSA) is 42.9 Å². The zero-order valence-electron chi connectivity index (χ0n) is 16.9. The van der Waals surface area contributed by atoms with Gasteiger partial charge in [-0.2, -0.15) is 0 Å². The molecule has 0 bridgehead atoms. The van der Waals surface area contributed by atoms with Crippen LogP contribution < -0.4 is 10.6 Å². The van der Waals surface area contributed by atoms with Crippen molar-refractivity contribution in [3.8, 4) is 0 Å². The van der Waals surface area contributed by atoms with Crippen molar-refractivity contribution < 1.29 is 0 Å². The van der Waals surface area contributed by atoms with Crippen molar-refractivity contribution in [3.05, 3.63) is 0 Å². The van der Waals surface area contributed by atoms with E-state index in [-0.39, 0.29) is 0 Å². The molecule has 2 N–H and O–H groups in total. The van der Waals surface area contributed by atoms with Gasteiger partial charge in [-0.3, -0.25) is 9.89 Å². The second-order valence-electron chi connectivity index (χ2n) is 7.85. The Kier molecular flexibility index (Phi) is 9.63. The summed E-state index contributed by atoms with van der Waals surface area (Å²) in [7, 11) is 1.87. The fourth-order valence-corrected chi connectivity index (χ4v) is 4.18. The van der Waals surface area contributed by atoms with E-state index in [0.29, 0.717) is 6.04 Å². The van der Waals surface area contributed by atoms with Crippen LogP contribution in [0.15, 0.2) is 4.99 Å². The Morgan fingerprint density at radius 3 is 2.44 bits per heavy atom. The van der Waals surface area contributed by atoms with Gasteiger partial charge in [-0.05, 0) is 25.8 Å². The molecule has 0 radical (unpaired) electrons. The fraction of sp³-hybridized carbons (Fsp3) is 0.950. The number of nitrogens with zero attached hydrogens (tertiary/aromatic N) is 3. The number of hydrogen-bond donors (Lipinski definition) is 2. The third-order valence-electron chi connectivity index (χ3n) is 6.07. The van der Waals surface area contributed by atoms with Crippen LogP contribution in [0.2, 0.25) is 0 Å². The number of piperazine rings is 1. The predicted octanol–water partition coefficient (Wildman–Crippen LogP) is 2.54. The fourth-order valence-electron chi connectivity index (χ4n) is 4.18. The highest BCUT2D eigenvalue weighted by atomic mass is 15.3.